The molecule has 10 heteroatoms. The van der Waals surface area contributed by atoms with E-state index in [0.29, 0.717) is 17.0 Å². The Morgan fingerprint density at radius 2 is 1.70 bits per heavy atom. The number of carbonyl (C=O) groups excluding carboxylic acids is 4. The number of rotatable bonds is 4. The highest BCUT2D eigenvalue weighted by Crippen LogP contribution is 2.66. The summed E-state index contributed by atoms with van der Waals surface area (Å²) in [5, 5.41) is 11.1. The summed E-state index contributed by atoms with van der Waals surface area (Å²) in [5.41, 5.74) is 2.47. The predicted molar refractivity (Wildman–Crippen MR) is 148 cm³/mol. The maximum Gasteiger partial charge on any atom is 0.253 e. The van der Waals surface area contributed by atoms with Gasteiger partial charge >= 0.3 is 0 Å². The Balaban J connectivity index is 1.50. The predicted octanol–water partition coefficient (Wildman–Crippen LogP) is 4.16. The van der Waals surface area contributed by atoms with Crippen molar-refractivity contribution in [3.63, 3.8) is 0 Å². The largest absolute Gasteiger partial charge is 0.508 e. The number of carbonyl (C=O) groups is 4. The first-order valence-corrected chi connectivity index (χ1v) is 14.0. The van der Waals surface area contributed by atoms with Crippen LogP contribution in [0.15, 0.2) is 54.1 Å². The maximum absolute atomic E-state index is 14.0. The van der Waals surface area contributed by atoms with Crippen molar-refractivity contribution in [2.75, 3.05) is 19.1 Å². The number of likely N-dealkylation sites (tertiary alicyclic amines) is 1. The third kappa shape index (κ3) is 3.32. The smallest absolute Gasteiger partial charge is 0.253 e. The molecule has 2 aliphatic carbocycles. The highest BCUT2D eigenvalue weighted by Gasteiger charge is 2.76. The lowest BCUT2D eigenvalue weighted by atomic mass is 9.56. The van der Waals surface area contributed by atoms with Gasteiger partial charge in [-0.05, 0) is 48.9 Å². The first-order valence-electron chi connectivity index (χ1n) is 13.2. The van der Waals surface area contributed by atoms with Gasteiger partial charge in [-0.15, -0.1) is 23.2 Å². The Morgan fingerprint density at radius 1 is 1.00 bits per heavy atom. The van der Waals surface area contributed by atoms with Gasteiger partial charge < -0.3 is 9.84 Å². The van der Waals surface area contributed by atoms with E-state index in [2.05, 4.69) is 0 Å². The Labute approximate surface area is 241 Å². The first kappa shape index (κ1) is 26.8. The number of benzene rings is 2. The van der Waals surface area contributed by atoms with Crippen LogP contribution in [-0.4, -0.2) is 57.5 Å². The van der Waals surface area contributed by atoms with E-state index >= 15 is 0 Å². The average molecular weight is 583 g/mol. The van der Waals surface area contributed by atoms with Crippen LogP contribution in [0.25, 0.3) is 0 Å². The molecule has 1 saturated carbocycles. The molecule has 1 N–H and O–H groups in total. The molecule has 2 aromatic carbocycles. The summed E-state index contributed by atoms with van der Waals surface area (Å²) in [5.74, 6) is -4.96. The van der Waals surface area contributed by atoms with E-state index in [-0.39, 0.29) is 36.0 Å². The number of halogens is 2. The molecular weight excluding hydrogens is 555 g/mol. The van der Waals surface area contributed by atoms with Gasteiger partial charge in [0.15, 0.2) is 9.75 Å². The number of ether oxygens (including phenoxy) is 1. The van der Waals surface area contributed by atoms with E-state index in [9.17, 15) is 24.3 Å². The van der Waals surface area contributed by atoms with Crippen LogP contribution in [0.4, 0.5) is 5.69 Å². The Bertz CT molecular complexity index is 1510. The van der Waals surface area contributed by atoms with E-state index in [4.69, 9.17) is 27.9 Å². The molecular formula is C30H28Cl2N2O6. The van der Waals surface area contributed by atoms with Gasteiger partial charge in [-0.2, -0.15) is 0 Å². The number of nitrogens with zero attached hydrogens (tertiary/aromatic N) is 2. The van der Waals surface area contributed by atoms with Gasteiger partial charge in [0.25, 0.3) is 11.8 Å². The number of allylic oxidation sites excluding steroid dienone is 2. The Hall–Kier alpha value is -3.36. The van der Waals surface area contributed by atoms with Crippen molar-refractivity contribution in [1.29, 1.82) is 0 Å². The number of phenolic OH excluding ortho intramolecular Hbond substituents is 1. The van der Waals surface area contributed by atoms with Crippen LogP contribution in [-0.2, 0) is 25.6 Å². The van der Waals surface area contributed by atoms with Gasteiger partial charge in [-0.1, -0.05) is 36.8 Å². The number of methoxy groups -OCH3 is 1. The quantitative estimate of drug-likeness (QED) is 0.330. The number of alkyl halides is 2. The molecule has 2 saturated heterocycles. The van der Waals surface area contributed by atoms with Crippen molar-refractivity contribution in [3.8, 4) is 11.5 Å². The molecule has 0 spiro atoms. The summed E-state index contributed by atoms with van der Waals surface area (Å²) >= 11 is 14.3. The number of aromatic hydroxyl groups is 1. The normalized spacial score (nSPS) is 33.1. The van der Waals surface area contributed by atoms with Gasteiger partial charge in [0.2, 0.25) is 11.8 Å². The van der Waals surface area contributed by atoms with Crippen LogP contribution >= 0.6 is 23.2 Å². The molecule has 2 aromatic rings. The number of hydrogen-bond donors (Lipinski definition) is 1. The molecule has 8 nitrogen and oxygen atoms in total. The van der Waals surface area contributed by atoms with Gasteiger partial charge in [0.05, 0.1) is 24.6 Å². The minimum absolute atomic E-state index is 0.102. The van der Waals surface area contributed by atoms with Crippen LogP contribution in [0, 0.1) is 17.8 Å². The highest BCUT2D eigenvalue weighted by atomic mass is 35.5. The molecule has 2 aliphatic heterocycles. The van der Waals surface area contributed by atoms with Crippen LogP contribution in [0.1, 0.15) is 36.8 Å². The molecule has 0 aromatic heterocycles. The number of anilines is 1. The zero-order valence-electron chi connectivity index (χ0n) is 22.2. The van der Waals surface area contributed by atoms with Crippen LogP contribution < -0.4 is 9.64 Å². The van der Waals surface area contributed by atoms with E-state index < -0.39 is 45.2 Å². The van der Waals surface area contributed by atoms with Crippen molar-refractivity contribution < 1.29 is 29.0 Å². The SMILES string of the molecule is CCc1ccc(N2C(=O)C3CC=C4C(CC5(Cl)C(=O)N(C)C(=O)C5(Cl)C4c4ccc(OC)cc4O)C3C2=O)cc1. The summed E-state index contributed by atoms with van der Waals surface area (Å²) in [6, 6.07) is 11.9. The number of hydrogen-bond acceptors (Lipinski definition) is 6. The summed E-state index contributed by atoms with van der Waals surface area (Å²) in [4.78, 5) is 53.1. The average Bonchev–Trinajstić information content (AvgIpc) is 3.28. The van der Waals surface area contributed by atoms with Crippen molar-refractivity contribution >= 4 is 52.5 Å². The molecule has 6 rings (SSSR count). The summed E-state index contributed by atoms with van der Waals surface area (Å²) in [7, 11) is 2.79. The maximum atomic E-state index is 14.0. The third-order valence-electron chi connectivity index (χ3n) is 9.17. The zero-order valence-corrected chi connectivity index (χ0v) is 23.7. The second-order valence-electron chi connectivity index (χ2n) is 11.0. The van der Waals surface area contributed by atoms with Gasteiger partial charge in [0.1, 0.15) is 11.5 Å². The second kappa shape index (κ2) is 9.08. The molecule has 6 unspecified atom stereocenters. The fourth-order valence-corrected chi connectivity index (χ4v) is 8.13. The molecule has 0 radical (unpaired) electrons. The highest BCUT2D eigenvalue weighted by molar-refractivity contribution is 6.53. The van der Waals surface area contributed by atoms with Gasteiger partial charge in [0, 0.05) is 24.6 Å². The molecule has 4 aliphatic rings. The zero-order chi connectivity index (χ0) is 28.7. The number of amides is 4. The van der Waals surface area contributed by atoms with Crippen molar-refractivity contribution in [2.45, 2.75) is 41.9 Å². The number of imide groups is 2. The minimum atomic E-state index is -1.96. The van der Waals surface area contributed by atoms with E-state index in [1.807, 2.05) is 25.1 Å². The fourth-order valence-electron chi connectivity index (χ4n) is 7.12. The van der Waals surface area contributed by atoms with Crippen LogP contribution in [0.2, 0.25) is 0 Å². The lowest BCUT2D eigenvalue weighted by molar-refractivity contribution is -0.138. The molecule has 3 fully saturated rings. The van der Waals surface area contributed by atoms with Crippen LogP contribution in [0.3, 0.4) is 0 Å². The van der Waals surface area contributed by atoms with E-state index in [1.165, 1.54) is 25.1 Å². The summed E-state index contributed by atoms with van der Waals surface area (Å²) in [6.07, 6.45) is 2.81. The van der Waals surface area contributed by atoms with Gasteiger partial charge in [-0.3, -0.25) is 29.0 Å². The number of phenols is 1. The lowest BCUT2D eigenvalue weighted by Gasteiger charge is -2.50. The van der Waals surface area contributed by atoms with Crippen molar-refractivity contribution in [3.05, 3.63) is 65.2 Å². The number of fused-ring (bicyclic) bond motifs is 4. The minimum Gasteiger partial charge on any atom is -0.508 e. The van der Waals surface area contributed by atoms with Crippen molar-refractivity contribution in [2.24, 2.45) is 17.8 Å². The lowest BCUT2D eigenvalue weighted by Crippen LogP contribution is -2.60. The topological polar surface area (TPSA) is 104 Å². The Morgan fingerprint density at radius 3 is 2.33 bits per heavy atom. The van der Waals surface area contributed by atoms with E-state index in [0.717, 1.165) is 16.9 Å². The molecule has 2 heterocycles. The summed E-state index contributed by atoms with van der Waals surface area (Å²) in [6.45, 7) is 2.02. The fraction of sp³-hybridized carbons (Fsp3) is 0.400. The summed E-state index contributed by atoms with van der Waals surface area (Å²) < 4.78 is 5.23. The Kier molecular flexibility index (Phi) is 6.09. The molecule has 208 valence electrons. The van der Waals surface area contributed by atoms with Gasteiger partial charge in [-0.25, -0.2) is 0 Å². The third-order valence-corrected chi connectivity index (χ3v) is 10.6. The number of aryl methyl sites for hydroxylation is 1. The van der Waals surface area contributed by atoms with E-state index in [1.54, 1.807) is 24.3 Å². The standard InChI is InChI=1S/C30H28Cl2N2O6/c1-4-15-5-7-16(8-6-15)34-25(36)20-12-11-18-21(23(20)26(34)37)14-29(31)27(38)33(2)28(39)30(29,32)24(18)19-10-9-17(40-3)13-22(19)35/h5-11,13,20-21,23-24,35H,4,12,14H2,1-3H3. The molecule has 0 bridgehead atoms. The van der Waals surface area contributed by atoms with Crippen LogP contribution in [0.5, 0.6) is 11.5 Å². The molecule has 4 amide bonds. The monoisotopic (exact) mass is 582 g/mol. The molecule has 40 heavy (non-hydrogen) atoms. The second-order valence-corrected chi connectivity index (χ2v) is 12.2. The molecule has 6 atom stereocenters. The van der Waals surface area contributed by atoms with Crippen molar-refractivity contribution in [1.82, 2.24) is 4.90 Å². The first-order chi connectivity index (χ1) is 19.0.